The Hall–Kier alpha value is -2.71. The average Bonchev–Trinajstić information content (AvgIpc) is 3.22. The van der Waals surface area contributed by atoms with Crippen LogP contribution in [-0.4, -0.2) is 30.2 Å². The zero-order valence-electron chi connectivity index (χ0n) is 13.4. The summed E-state index contributed by atoms with van der Waals surface area (Å²) >= 11 is 2.99. The number of hydrogen-bond donors (Lipinski definition) is 1. The molecule has 4 aromatic rings. The minimum absolute atomic E-state index is 0.358. The second-order valence-corrected chi connectivity index (χ2v) is 7.21. The van der Waals surface area contributed by atoms with E-state index in [0.717, 1.165) is 36.4 Å². The molecule has 6 nitrogen and oxygen atoms in total. The number of fused-ring (bicyclic) bond motifs is 2. The average molecular weight is 371 g/mol. The Morgan fingerprint density at radius 2 is 1.84 bits per heavy atom. The number of nitrogens with zero attached hydrogens (tertiary/aromatic N) is 2. The number of methoxy groups -OCH3 is 2. The lowest BCUT2D eigenvalue weighted by molar-refractivity contribution is 0.0601. The lowest BCUT2D eigenvalue weighted by atomic mass is 10.2. The fraction of sp³-hybridized carbons (Fsp3) is 0.118. The van der Waals surface area contributed by atoms with Crippen molar-refractivity contribution in [2.75, 3.05) is 19.5 Å². The van der Waals surface area contributed by atoms with E-state index >= 15 is 0 Å². The summed E-state index contributed by atoms with van der Waals surface area (Å²) in [4.78, 5) is 20.8. The maximum atomic E-state index is 11.6. The predicted molar refractivity (Wildman–Crippen MR) is 100 cm³/mol. The molecule has 0 unspecified atom stereocenters. The minimum Gasteiger partial charge on any atom is -0.494 e. The Labute approximate surface area is 151 Å². The summed E-state index contributed by atoms with van der Waals surface area (Å²) in [5.74, 6) is 0.386. The van der Waals surface area contributed by atoms with E-state index in [1.54, 1.807) is 19.2 Å². The van der Waals surface area contributed by atoms with E-state index in [1.807, 2.05) is 24.3 Å². The molecular weight excluding hydrogens is 358 g/mol. The van der Waals surface area contributed by atoms with E-state index in [-0.39, 0.29) is 5.97 Å². The predicted octanol–water partition coefficient (Wildman–Crippen LogP) is 4.44. The van der Waals surface area contributed by atoms with Crippen molar-refractivity contribution in [3.8, 4) is 5.75 Å². The highest BCUT2D eigenvalue weighted by Crippen LogP contribution is 2.35. The lowest BCUT2D eigenvalue weighted by Gasteiger charge is -1.98. The quantitative estimate of drug-likeness (QED) is 0.535. The molecule has 126 valence electrons. The molecule has 0 saturated carbocycles. The van der Waals surface area contributed by atoms with Crippen molar-refractivity contribution in [2.45, 2.75) is 0 Å². The minimum atomic E-state index is -0.358. The van der Waals surface area contributed by atoms with Crippen LogP contribution in [0.5, 0.6) is 5.75 Å². The maximum absolute atomic E-state index is 11.6. The Morgan fingerprint density at radius 1 is 1.04 bits per heavy atom. The topological polar surface area (TPSA) is 73.3 Å². The summed E-state index contributed by atoms with van der Waals surface area (Å²) in [7, 11) is 3.00. The molecule has 0 radical (unpaired) electrons. The van der Waals surface area contributed by atoms with Gasteiger partial charge in [0, 0.05) is 0 Å². The third-order valence-electron chi connectivity index (χ3n) is 3.63. The summed E-state index contributed by atoms with van der Waals surface area (Å²) in [6, 6.07) is 11.1. The number of carbonyl (C=O) groups is 1. The number of carbonyl (C=O) groups excluding carboxylic acids is 1. The van der Waals surface area contributed by atoms with Gasteiger partial charge in [-0.3, -0.25) is 0 Å². The van der Waals surface area contributed by atoms with Crippen molar-refractivity contribution < 1.29 is 14.3 Å². The number of esters is 1. The van der Waals surface area contributed by atoms with Crippen LogP contribution in [0.25, 0.3) is 20.4 Å². The van der Waals surface area contributed by atoms with Crippen molar-refractivity contribution in [2.24, 2.45) is 0 Å². The van der Waals surface area contributed by atoms with Crippen molar-refractivity contribution in [1.29, 1.82) is 0 Å². The Bertz CT molecular complexity index is 1090. The van der Waals surface area contributed by atoms with E-state index < -0.39 is 0 Å². The monoisotopic (exact) mass is 371 g/mol. The number of para-hydroxylation sites is 1. The van der Waals surface area contributed by atoms with Gasteiger partial charge < -0.3 is 14.8 Å². The molecule has 1 N–H and O–H groups in total. The second kappa shape index (κ2) is 6.30. The number of ether oxygens (including phenoxy) is 2. The first-order valence-corrected chi connectivity index (χ1v) is 9.00. The van der Waals surface area contributed by atoms with Gasteiger partial charge >= 0.3 is 5.97 Å². The molecule has 0 amide bonds. The highest BCUT2D eigenvalue weighted by molar-refractivity contribution is 7.24. The van der Waals surface area contributed by atoms with Crippen molar-refractivity contribution >= 4 is 59.3 Å². The van der Waals surface area contributed by atoms with Crippen LogP contribution >= 0.6 is 22.7 Å². The van der Waals surface area contributed by atoms with Crippen LogP contribution in [0.4, 0.5) is 10.3 Å². The molecule has 0 saturated heterocycles. The number of thiazole rings is 2. The van der Waals surface area contributed by atoms with Crippen LogP contribution in [0.1, 0.15) is 10.4 Å². The molecule has 0 atom stereocenters. The van der Waals surface area contributed by atoms with Crippen LogP contribution in [-0.2, 0) is 4.74 Å². The number of hydrogen-bond acceptors (Lipinski definition) is 8. The molecule has 2 aromatic carbocycles. The largest absolute Gasteiger partial charge is 0.494 e. The first-order valence-electron chi connectivity index (χ1n) is 7.37. The van der Waals surface area contributed by atoms with E-state index in [0.29, 0.717) is 5.56 Å². The van der Waals surface area contributed by atoms with E-state index in [1.165, 1.54) is 29.8 Å². The van der Waals surface area contributed by atoms with E-state index in [2.05, 4.69) is 15.3 Å². The van der Waals surface area contributed by atoms with Gasteiger partial charge in [-0.1, -0.05) is 28.7 Å². The van der Waals surface area contributed by atoms with Gasteiger partial charge in [-0.2, -0.15) is 0 Å². The van der Waals surface area contributed by atoms with Gasteiger partial charge in [-0.15, -0.1) is 0 Å². The fourth-order valence-corrected chi connectivity index (χ4v) is 4.31. The number of aromatic nitrogens is 2. The van der Waals surface area contributed by atoms with Crippen LogP contribution in [0, 0.1) is 0 Å². The summed E-state index contributed by atoms with van der Waals surface area (Å²) in [5.41, 5.74) is 2.15. The lowest BCUT2D eigenvalue weighted by Crippen LogP contribution is -1.99. The van der Waals surface area contributed by atoms with Crippen LogP contribution in [0.15, 0.2) is 36.4 Å². The summed E-state index contributed by atoms with van der Waals surface area (Å²) < 4.78 is 12.0. The molecule has 0 aliphatic rings. The van der Waals surface area contributed by atoms with Crippen molar-refractivity contribution in [3.05, 3.63) is 42.0 Å². The normalized spacial score (nSPS) is 11.0. The molecular formula is C17H13N3O3S2. The molecule has 4 rings (SSSR count). The maximum Gasteiger partial charge on any atom is 0.337 e. The highest BCUT2D eigenvalue weighted by atomic mass is 32.1. The fourth-order valence-electron chi connectivity index (χ4n) is 2.46. The van der Waals surface area contributed by atoms with Crippen molar-refractivity contribution in [1.82, 2.24) is 9.97 Å². The first-order chi connectivity index (χ1) is 12.2. The molecule has 0 spiro atoms. The highest BCUT2D eigenvalue weighted by Gasteiger charge is 2.12. The van der Waals surface area contributed by atoms with Crippen LogP contribution < -0.4 is 10.1 Å². The molecule has 25 heavy (non-hydrogen) atoms. The van der Waals surface area contributed by atoms with Gasteiger partial charge in [0.2, 0.25) is 0 Å². The van der Waals surface area contributed by atoms with Gasteiger partial charge in [0.15, 0.2) is 10.3 Å². The third kappa shape index (κ3) is 2.90. The standard InChI is InChI=1S/C17H13N3O3S2/c1-22-11-4-3-5-12-14(11)19-17(24-12)20-16-18-10-7-6-9(15(21)23-2)8-13(10)25-16/h3-8H,1-2H3,(H,18,19,20). The Morgan fingerprint density at radius 3 is 2.64 bits per heavy atom. The molecule has 0 bridgehead atoms. The smallest absolute Gasteiger partial charge is 0.337 e. The molecule has 0 fully saturated rings. The molecule has 0 aliphatic carbocycles. The zero-order chi connectivity index (χ0) is 17.4. The molecule has 2 aromatic heterocycles. The second-order valence-electron chi connectivity index (χ2n) is 5.14. The Kier molecular flexibility index (Phi) is 3.98. The Balaban J connectivity index is 1.67. The SMILES string of the molecule is COC(=O)c1ccc2nc(Nc3nc4c(OC)cccc4s3)sc2c1. The van der Waals surface area contributed by atoms with Gasteiger partial charge in [0.25, 0.3) is 0 Å². The zero-order valence-corrected chi connectivity index (χ0v) is 15.0. The number of rotatable bonds is 4. The number of anilines is 2. The van der Waals surface area contributed by atoms with Crippen molar-refractivity contribution in [3.63, 3.8) is 0 Å². The first kappa shape index (κ1) is 15.8. The third-order valence-corrected chi connectivity index (χ3v) is 5.49. The molecule has 0 aliphatic heterocycles. The van der Waals surface area contributed by atoms with Gasteiger partial charge in [0.05, 0.1) is 34.7 Å². The van der Waals surface area contributed by atoms with Gasteiger partial charge in [0.1, 0.15) is 11.3 Å². The number of benzene rings is 2. The van der Waals surface area contributed by atoms with Crippen LogP contribution in [0.3, 0.4) is 0 Å². The van der Waals surface area contributed by atoms with Crippen LogP contribution in [0.2, 0.25) is 0 Å². The molecule has 8 heteroatoms. The van der Waals surface area contributed by atoms with E-state index in [4.69, 9.17) is 9.47 Å². The van der Waals surface area contributed by atoms with E-state index in [9.17, 15) is 4.79 Å². The number of nitrogens with one attached hydrogen (secondary N) is 1. The summed E-state index contributed by atoms with van der Waals surface area (Å²) in [6.45, 7) is 0. The molecule has 2 heterocycles. The van der Waals surface area contributed by atoms with Gasteiger partial charge in [-0.05, 0) is 30.3 Å². The summed E-state index contributed by atoms with van der Waals surface area (Å²) in [6.07, 6.45) is 0. The van der Waals surface area contributed by atoms with Gasteiger partial charge in [-0.25, -0.2) is 14.8 Å². The summed E-state index contributed by atoms with van der Waals surface area (Å²) in [5, 5.41) is 4.70.